The van der Waals surface area contributed by atoms with Crippen LogP contribution in [0.3, 0.4) is 0 Å². The van der Waals surface area contributed by atoms with Crippen LogP contribution in [0.15, 0.2) is 47.4 Å². The average molecular weight is 419 g/mol. The van der Waals surface area contributed by atoms with Crippen LogP contribution in [0, 0.1) is 12.8 Å². The van der Waals surface area contributed by atoms with Crippen LogP contribution >= 0.6 is 0 Å². The molecule has 0 bridgehead atoms. The van der Waals surface area contributed by atoms with Gasteiger partial charge in [0.05, 0.1) is 25.0 Å². The number of piperidine rings is 1. The van der Waals surface area contributed by atoms with Crippen LogP contribution in [0.2, 0.25) is 0 Å². The van der Waals surface area contributed by atoms with Gasteiger partial charge in [-0.2, -0.15) is 4.31 Å². The molecular weight excluding hydrogens is 392 g/mol. The van der Waals surface area contributed by atoms with E-state index in [9.17, 15) is 13.2 Å². The topological polar surface area (TPSA) is 84.9 Å². The van der Waals surface area contributed by atoms with Gasteiger partial charge in [0.2, 0.25) is 15.9 Å². The quantitative estimate of drug-likeness (QED) is 0.779. The highest BCUT2D eigenvalue weighted by atomic mass is 32.2. The molecule has 156 valence electrons. The zero-order chi connectivity index (χ0) is 21.0. The molecule has 0 aliphatic carbocycles. The van der Waals surface area contributed by atoms with Crippen LogP contribution in [0.4, 0.5) is 5.69 Å². The number of rotatable bonds is 6. The summed E-state index contributed by atoms with van der Waals surface area (Å²) >= 11 is 0. The Morgan fingerprint density at radius 3 is 2.41 bits per heavy atom. The lowest BCUT2D eigenvalue weighted by Crippen LogP contribution is -2.43. The zero-order valence-corrected chi connectivity index (χ0v) is 17.7. The first kappa shape index (κ1) is 21.1. The van der Waals surface area contributed by atoms with E-state index in [0.717, 1.165) is 5.56 Å². The summed E-state index contributed by atoms with van der Waals surface area (Å²) in [6.45, 7) is 2.50. The molecule has 8 heteroatoms. The minimum atomic E-state index is -3.75. The standard InChI is InChI=1S/C21H26N2O5S/c1-15-6-8-17(9-7-15)22-21(24)16-5-4-12-23(14-16)29(25,26)18-10-11-19(27-2)20(13-18)28-3/h6-11,13,16H,4-5,12,14H2,1-3H3,(H,22,24)/t16-/m0/s1. The van der Waals surface area contributed by atoms with Crippen LogP contribution in [-0.4, -0.2) is 45.9 Å². The van der Waals surface area contributed by atoms with Crippen LogP contribution in [-0.2, 0) is 14.8 Å². The second kappa shape index (κ2) is 8.84. The smallest absolute Gasteiger partial charge is 0.243 e. The number of methoxy groups -OCH3 is 2. The molecule has 7 nitrogen and oxygen atoms in total. The van der Waals surface area contributed by atoms with Gasteiger partial charge in [-0.05, 0) is 44.0 Å². The summed E-state index contributed by atoms with van der Waals surface area (Å²) in [5.74, 6) is 0.237. The predicted octanol–water partition coefficient (Wildman–Crippen LogP) is 3.05. The van der Waals surface area contributed by atoms with Gasteiger partial charge < -0.3 is 14.8 Å². The van der Waals surface area contributed by atoms with Gasteiger partial charge in [0.1, 0.15) is 0 Å². The molecule has 3 rings (SSSR count). The van der Waals surface area contributed by atoms with Gasteiger partial charge in [-0.3, -0.25) is 4.79 Å². The van der Waals surface area contributed by atoms with E-state index >= 15 is 0 Å². The minimum Gasteiger partial charge on any atom is -0.493 e. The van der Waals surface area contributed by atoms with E-state index in [4.69, 9.17) is 9.47 Å². The molecule has 1 N–H and O–H groups in total. The normalized spacial score (nSPS) is 17.6. The summed E-state index contributed by atoms with van der Waals surface area (Å²) in [4.78, 5) is 12.8. The summed E-state index contributed by atoms with van der Waals surface area (Å²) in [6.07, 6.45) is 1.27. The maximum atomic E-state index is 13.1. The summed E-state index contributed by atoms with van der Waals surface area (Å²) in [6, 6.07) is 12.0. The third-order valence-corrected chi connectivity index (χ3v) is 6.93. The van der Waals surface area contributed by atoms with Crippen molar-refractivity contribution in [2.45, 2.75) is 24.7 Å². The second-order valence-corrected chi connectivity index (χ2v) is 9.01. The van der Waals surface area contributed by atoms with Gasteiger partial charge in [0, 0.05) is 24.8 Å². The Morgan fingerprint density at radius 2 is 1.76 bits per heavy atom. The summed E-state index contributed by atoms with van der Waals surface area (Å²) in [5, 5.41) is 2.89. The molecule has 1 heterocycles. The third-order valence-electron chi connectivity index (χ3n) is 5.07. The zero-order valence-electron chi connectivity index (χ0n) is 16.8. The van der Waals surface area contributed by atoms with Crippen molar-refractivity contribution in [3.05, 3.63) is 48.0 Å². The van der Waals surface area contributed by atoms with E-state index in [1.54, 1.807) is 6.07 Å². The Kier molecular flexibility index (Phi) is 6.44. The predicted molar refractivity (Wildman–Crippen MR) is 111 cm³/mol. The van der Waals surface area contributed by atoms with Crippen LogP contribution in [0.25, 0.3) is 0 Å². The number of carbonyl (C=O) groups excluding carboxylic acids is 1. The van der Waals surface area contributed by atoms with Gasteiger partial charge in [0.15, 0.2) is 11.5 Å². The monoisotopic (exact) mass is 418 g/mol. The van der Waals surface area contributed by atoms with Crippen molar-refractivity contribution < 1.29 is 22.7 Å². The number of carbonyl (C=O) groups is 1. The number of sulfonamides is 1. The molecule has 1 aliphatic heterocycles. The largest absolute Gasteiger partial charge is 0.493 e. The van der Waals surface area contributed by atoms with Gasteiger partial charge in [0.25, 0.3) is 0 Å². The molecule has 0 unspecified atom stereocenters. The number of benzene rings is 2. The van der Waals surface area contributed by atoms with E-state index in [-0.39, 0.29) is 17.3 Å². The Bertz CT molecular complexity index is 973. The Hall–Kier alpha value is -2.58. The summed E-state index contributed by atoms with van der Waals surface area (Å²) in [7, 11) is -0.794. The lowest BCUT2D eigenvalue weighted by atomic mass is 9.98. The molecule has 0 aromatic heterocycles. The lowest BCUT2D eigenvalue weighted by molar-refractivity contribution is -0.120. The third kappa shape index (κ3) is 4.71. The fourth-order valence-corrected chi connectivity index (χ4v) is 4.92. The second-order valence-electron chi connectivity index (χ2n) is 7.07. The van der Waals surface area contributed by atoms with Gasteiger partial charge in [-0.1, -0.05) is 17.7 Å². The Morgan fingerprint density at radius 1 is 1.07 bits per heavy atom. The fourth-order valence-electron chi connectivity index (χ4n) is 3.38. The first-order valence-corrected chi connectivity index (χ1v) is 10.9. The van der Waals surface area contributed by atoms with E-state index < -0.39 is 15.9 Å². The molecule has 1 atom stereocenters. The van der Waals surface area contributed by atoms with Crippen molar-refractivity contribution in [1.82, 2.24) is 4.31 Å². The van der Waals surface area contributed by atoms with Crippen LogP contribution < -0.4 is 14.8 Å². The number of nitrogens with one attached hydrogen (secondary N) is 1. The van der Waals surface area contributed by atoms with Crippen molar-refractivity contribution in [3.8, 4) is 11.5 Å². The molecule has 2 aromatic carbocycles. The maximum absolute atomic E-state index is 13.1. The number of aryl methyl sites for hydroxylation is 1. The van der Waals surface area contributed by atoms with Gasteiger partial charge >= 0.3 is 0 Å². The fraction of sp³-hybridized carbons (Fsp3) is 0.381. The van der Waals surface area contributed by atoms with Crippen LogP contribution in [0.5, 0.6) is 11.5 Å². The molecule has 1 saturated heterocycles. The SMILES string of the molecule is COc1ccc(S(=O)(=O)N2CCC[C@H](C(=O)Nc3ccc(C)cc3)C2)cc1OC. The number of hydrogen-bond acceptors (Lipinski definition) is 5. The first-order chi connectivity index (χ1) is 13.8. The highest BCUT2D eigenvalue weighted by Crippen LogP contribution is 2.32. The van der Waals surface area contributed by atoms with Gasteiger partial charge in [-0.15, -0.1) is 0 Å². The molecular formula is C21H26N2O5S. The molecule has 1 amide bonds. The number of ether oxygens (including phenoxy) is 2. The first-order valence-electron chi connectivity index (χ1n) is 9.45. The molecule has 2 aromatic rings. The number of hydrogen-bond donors (Lipinski definition) is 1. The molecule has 1 aliphatic rings. The van der Waals surface area contributed by atoms with Crippen molar-refractivity contribution in [3.63, 3.8) is 0 Å². The lowest BCUT2D eigenvalue weighted by Gasteiger charge is -2.31. The van der Waals surface area contributed by atoms with Crippen LogP contribution in [0.1, 0.15) is 18.4 Å². The highest BCUT2D eigenvalue weighted by molar-refractivity contribution is 7.89. The van der Waals surface area contributed by atoms with Crippen molar-refractivity contribution >= 4 is 21.6 Å². The van der Waals surface area contributed by atoms with Crippen molar-refractivity contribution in [2.75, 3.05) is 32.6 Å². The molecule has 29 heavy (non-hydrogen) atoms. The van der Waals surface area contributed by atoms with E-state index in [0.29, 0.717) is 36.6 Å². The molecule has 0 spiro atoms. The minimum absolute atomic E-state index is 0.120. The van der Waals surface area contributed by atoms with E-state index in [1.165, 1.54) is 30.7 Å². The van der Waals surface area contributed by atoms with E-state index in [1.807, 2.05) is 31.2 Å². The van der Waals surface area contributed by atoms with Gasteiger partial charge in [-0.25, -0.2) is 8.42 Å². The number of nitrogens with zero attached hydrogens (tertiary/aromatic N) is 1. The van der Waals surface area contributed by atoms with Crippen molar-refractivity contribution in [1.29, 1.82) is 0 Å². The Labute approximate surface area is 171 Å². The number of amides is 1. The summed E-state index contributed by atoms with van der Waals surface area (Å²) < 4.78 is 38.0. The highest BCUT2D eigenvalue weighted by Gasteiger charge is 2.33. The molecule has 0 saturated carbocycles. The summed E-state index contributed by atoms with van der Waals surface area (Å²) in [5.41, 5.74) is 1.81. The van der Waals surface area contributed by atoms with E-state index in [2.05, 4.69) is 5.32 Å². The maximum Gasteiger partial charge on any atom is 0.243 e. The molecule has 1 fully saturated rings. The Balaban J connectivity index is 1.75. The molecule has 0 radical (unpaired) electrons. The number of anilines is 1. The average Bonchev–Trinajstić information content (AvgIpc) is 2.74. The van der Waals surface area contributed by atoms with Crippen molar-refractivity contribution in [2.24, 2.45) is 5.92 Å².